The van der Waals surface area contributed by atoms with Gasteiger partial charge in [-0.25, -0.2) is 4.21 Å². The molecule has 3 aromatic carbocycles. The smallest absolute Gasteiger partial charge is 0.259 e. The molecule has 38 heavy (non-hydrogen) atoms. The average molecular weight is 532 g/mol. The number of aryl methyl sites for hydroxylation is 2. The van der Waals surface area contributed by atoms with Crippen molar-refractivity contribution in [2.24, 2.45) is 0 Å². The summed E-state index contributed by atoms with van der Waals surface area (Å²) in [6.45, 7) is 9.08. The summed E-state index contributed by atoms with van der Waals surface area (Å²) >= 11 is 0. The molecule has 0 radical (unpaired) electrons. The molecule has 1 unspecified atom stereocenters. The van der Waals surface area contributed by atoms with Gasteiger partial charge in [-0.05, 0) is 88.3 Å². The molecule has 1 N–H and O–H groups in total. The van der Waals surface area contributed by atoms with Crippen LogP contribution >= 0.6 is 0 Å². The normalized spacial score (nSPS) is 14.7. The van der Waals surface area contributed by atoms with Crippen LogP contribution in [0.5, 0.6) is 0 Å². The summed E-state index contributed by atoms with van der Waals surface area (Å²) in [6.07, 6.45) is 3.19. The van der Waals surface area contributed by atoms with Crippen LogP contribution in [0, 0.1) is 13.8 Å². The highest BCUT2D eigenvalue weighted by Crippen LogP contribution is 2.36. The van der Waals surface area contributed by atoms with Crippen LogP contribution in [-0.2, 0) is 17.3 Å². The zero-order valence-corrected chi connectivity index (χ0v) is 23.6. The van der Waals surface area contributed by atoms with E-state index in [0.717, 1.165) is 42.6 Å². The Morgan fingerprint density at radius 2 is 1.74 bits per heavy atom. The first-order valence-corrected chi connectivity index (χ1v) is 14.4. The molecule has 2 amide bonds. The van der Waals surface area contributed by atoms with Crippen LogP contribution in [-0.4, -0.2) is 47.6 Å². The molecule has 1 heterocycles. The van der Waals surface area contributed by atoms with Crippen molar-refractivity contribution in [2.75, 3.05) is 31.6 Å². The number of fused-ring (bicyclic) bond motifs is 2. The predicted molar refractivity (Wildman–Crippen MR) is 153 cm³/mol. The van der Waals surface area contributed by atoms with Crippen molar-refractivity contribution in [3.63, 3.8) is 0 Å². The van der Waals surface area contributed by atoms with Crippen LogP contribution in [0.25, 0.3) is 0 Å². The third-order valence-electron chi connectivity index (χ3n) is 7.00. The molecule has 0 bridgehead atoms. The first-order valence-electron chi connectivity index (χ1n) is 13.3. The first-order chi connectivity index (χ1) is 18.3. The van der Waals surface area contributed by atoms with Crippen LogP contribution in [0.1, 0.15) is 63.6 Å². The van der Waals surface area contributed by atoms with Crippen molar-refractivity contribution in [3.05, 3.63) is 88.5 Å². The zero-order chi connectivity index (χ0) is 27.2. The second-order valence-electron chi connectivity index (χ2n) is 10.0. The van der Waals surface area contributed by atoms with Crippen LogP contribution in [0.4, 0.5) is 5.69 Å². The number of unbranched alkanes of at least 4 members (excludes halogenated alkanes) is 1. The van der Waals surface area contributed by atoms with Gasteiger partial charge in [0.2, 0.25) is 0 Å². The summed E-state index contributed by atoms with van der Waals surface area (Å²) in [5.74, 6) is -0.419. The quantitative estimate of drug-likeness (QED) is 0.352. The highest BCUT2D eigenvalue weighted by molar-refractivity contribution is 7.85. The fourth-order valence-corrected chi connectivity index (χ4v) is 6.04. The molecular weight excluding hydrogens is 494 g/mol. The Bertz CT molecular complexity index is 1350. The van der Waals surface area contributed by atoms with E-state index in [0.29, 0.717) is 39.7 Å². The van der Waals surface area contributed by atoms with Crippen molar-refractivity contribution in [1.29, 1.82) is 0 Å². The Balaban J connectivity index is 1.63. The standard InChI is InChI=1S/C31H37N3O3S/c1-5-6-17-33(4)18-9-16-32-30(35)24-14-15-29-27(20-24)34(21-25-19-22(2)12-13-23(25)3)31(36)26-10-7-8-11-28(26)38(29)37/h7-8,10-15,19-20H,5-6,9,16-18,21H2,1-4H3,(H,32,35). The lowest BCUT2D eigenvalue weighted by Crippen LogP contribution is -2.31. The van der Waals surface area contributed by atoms with Crippen LogP contribution in [0.15, 0.2) is 70.5 Å². The minimum atomic E-state index is -1.55. The third-order valence-corrected chi connectivity index (χ3v) is 8.50. The Morgan fingerprint density at radius 1 is 0.974 bits per heavy atom. The minimum absolute atomic E-state index is 0.198. The molecule has 1 atom stereocenters. The molecule has 1 aliphatic rings. The minimum Gasteiger partial charge on any atom is -0.352 e. The van der Waals surface area contributed by atoms with Crippen molar-refractivity contribution in [1.82, 2.24) is 10.2 Å². The zero-order valence-electron chi connectivity index (χ0n) is 22.8. The summed E-state index contributed by atoms with van der Waals surface area (Å²) in [6, 6.07) is 18.4. The summed E-state index contributed by atoms with van der Waals surface area (Å²) < 4.78 is 13.7. The Morgan fingerprint density at radius 3 is 2.53 bits per heavy atom. The largest absolute Gasteiger partial charge is 0.352 e. The summed E-state index contributed by atoms with van der Waals surface area (Å²) in [5.41, 5.74) is 4.57. The van der Waals surface area contributed by atoms with Crippen molar-refractivity contribution >= 4 is 28.3 Å². The highest BCUT2D eigenvalue weighted by atomic mass is 32.2. The molecule has 0 fully saturated rings. The SMILES string of the molecule is CCCCN(C)CCCNC(=O)c1ccc2c(c1)N(Cc1cc(C)ccc1C)C(=O)c1ccccc1S2=O. The van der Waals surface area contributed by atoms with Gasteiger partial charge < -0.3 is 15.1 Å². The number of amides is 2. The number of benzene rings is 3. The predicted octanol–water partition coefficient (Wildman–Crippen LogP) is 5.48. The van der Waals surface area contributed by atoms with Gasteiger partial charge in [-0.1, -0.05) is 49.2 Å². The van der Waals surface area contributed by atoms with Gasteiger partial charge in [-0.3, -0.25) is 9.59 Å². The summed E-state index contributed by atoms with van der Waals surface area (Å²) in [5, 5.41) is 3.01. The Kier molecular flexibility index (Phi) is 9.13. The van der Waals surface area contributed by atoms with Crippen molar-refractivity contribution in [2.45, 2.75) is 56.4 Å². The van der Waals surface area contributed by atoms with Gasteiger partial charge >= 0.3 is 0 Å². The summed E-state index contributed by atoms with van der Waals surface area (Å²) in [4.78, 5) is 31.9. The molecule has 0 aromatic heterocycles. The van der Waals surface area contributed by atoms with Gasteiger partial charge in [0.05, 0.1) is 38.4 Å². The van der Waals surface area contributed by atoms with E-state index in [9.17, 15) is 13.8 Å². The number of carbonyl (C=O) groups is 2. The number of nitrogens with one attached hydrogen (secondary N) is 1. The number of nitrogens with zero attached hydrogens (tertiary/aromatic N) is 2. The number of anilines is 1. The molecule has 1 aliphatic heterocycles. The Hall–Kier alpha value is -3.29. The molecule has 4 rings (SSSR count). The maximum Gasteiger partial charge on any atom is 0.259 e. The first kappa shape index (κ1) is 27.7. The lowest BCUT2D eigenvalue weighted by Gasteiger charge is -2.24. The molecule has 3 aromatic rings. The van der Waals surface area contributed by atoms with E-state index in [2.05, 4.69) is 30.3 Å². The fourth-order valence-electron chi connectivity index (χ4n) is 4.70. The number of rotatable bonds is 10. The Labute approximate surface area is 228 Å². The van der Waals surface area contributed by atoms with Gasteiger partial charge in [0.1, 0.15) is 0 Å². The van der Waals surface area contributed by atoms with Gasteiger partial charge in [0.15, 0.2) is 0 Å². The van der Waals surface area contributed by atoms with Gasteiger partial charge in [0, 0.05) is 12.1 Å². The van der Waals surface area contributed by atoms with Crippen molar-refractivity contribution in [3.8, 4) is 0 Å². The molecule has 200 valence electrons. The van der Waals surface area contributed by atoms with Crippen LogP contribution in [0.2, 0.25) is 0 Å². The average Bonchev–Trinajstić information content (AvgIpc) is 3.01. The second kappa shape index (κ2) is 12.5. The number of hydrogen-bond acceptors (Lipinski definition) is 4. The molecule has 0 saturated heterocycles. The summed E-state index contributed by atoms with van der Waals surface area (Å²) in [7, 11) is 0.548. The third kappa shape index (κ3) is 6.22. The highest BCUT2D eigenvalue weighted by Gasteiger charge is 2.31. The molecule has 7 heteroatoms. The molecular formula is C31H37N3O3S. The molecule has 0 saturated carbocycles. The monoisotopic (exact) mass is 531 g/mol. The molecule has 0 spiro atoms. The molecule has 6 nitrogen and oxygen atoms in total. The fraction of sp³-hybridized carbons (Fsp3) is 0.355. The number of hydrogen-bond donors (Lipinski definition) is 1. The second-order valence-corrected chi connectivity index (χ2v) is 11.5. The molecule has 0 aliphatic carbocycles. The van der Waals surface area contributed by atoms with E-state index in [4.69, 9.17) is 0 Å². The lowest BCUT2D eigenvalue weighted by molar-refractivity contribution is 0.0948. The van der Waals surface area contributed by atoms with Gasteiger partial charge in [-0.2, -0.15) is 0 Å². The van der Waals surface area contributed by atoms with Gasteiger partial charge in [0.25, 0.3) is 11.8 Å². The van der Waals surface area contributed by atoms with Gasteiger partial charge in [-0.15, -0.1) is 0 Å². The van der Waals surface area contributed by atoms with E-state index in [-0.39, 0.29) is 11.8 Å². The van der Waals surface area contributed by atoms with Crippen LogP contribution in [0.3, 0.4) is 0 Å². The van der Waals surface area contributed by atoms with E-state index in [1.165, 1.54) is 6.42 Å². The van der Waals surface area contributed by atoms with E-state index >= 15 is 0 Å². The van der Waals surface area contributed by atoms with E-state index < -0.39 is 10.8 Å². The van der Waals surface area contributed by atoms with E-state index in [1.54, 1.807) is 47.4 Å². The lowest BCUT2D eigenvalue weighted by atomic mass is 10.0. The maximum atomic E-state index is 13.9. The maximum absolute atomic E-state index is 13.9. The van der Waals surface area contributed by atoms with Crippen LogP contribution < -0.4 is 10.2 Å². The van der Waals surface area contributed by atoms with E-state index in [1.807, 2.05) is 26.0 Å². The van der Waals surface area contributed by atoms with Crippen molar-refractivity contribution < 1.29 is 13.8 Å². The number of carbonyl (C=O) groups excluding carboxylic acids is 2. The topological polar surface area (TPSA) is 69.7 Å².